The van der Waals surface area contributed by atoms with Crippen LogP contribution in [0.2, 0.25) is 5.02 Å². The summed E-state index contributed by atoms with van der Waals surface area (Å²) in [5.41, 5.74) is 3.17. The molecule has 0 aliphatic carbocycles. The Kier molecular flexibility index (Phi) is 3.83. The van der Waals surface area contributed by atoms with E-state index in [1.165, 1.54) is 0 Å². The molecule has 5 heteroatoms. The molecule has 1 unspecified atom stereocenters. The Bertz CT molecular complexity index is 608. The van der Waals surface area contributed by atoms with Crippen LogP contribution in [0.3, 0.4) is 0 Å². The minimum atomic E-state index is -0.803. The van der Waals surface area contributed by atoms with Gasteiger partial charge in [-0.1, -0.05) is 11.6 Å². The van der Waals surface area contributed by atoms with Crippen molar-refractivity contribution in [3.8, 4) is 5.75 Å². The molecule has 1 aromatic carbocycles. The lowest BCUT2D eigenvalue weighted by Crippen LogP contribution is -2.05. The highest BCUT2D eigenvalue weighted by Crippen LogP contribution is 2.34. The van der Waals surface area contributed by atoms with Crippen molar-refractivity contribution < 1.29 is 9.84 Å². The fraction of sp³-hybridized carbons (Fsp3) is 0.357. The van der Waals surface area contributed by atoms with Crippen molar-refractivity contribution in [1.82, 2.24) is 9.78 Å². The third-order valence-electron chi connectivity index (χ3n) is 3.32. The number of aromatic nitrogens is 2. The van der Waals surface area contributed by atoms with Gasteiger partial charge in [-0.25, -0.2) is 0 Å². The third-order valence-corrected chi connectivity index (χ3v) is 3.56. The first kappa shape index (κ1) is 13.9. The predicted octanol–water partition coefficient (Wildman–Crippen LogP) is 2.78. The van der Waals surface area contributed by atoms with Crippen LogP contribution in [0.1, 0.15) is 28.6 Å². The number of rotatable bonds is 3. The normalized spacial score (nSPS) is 12.5. The van der Waals surface area contributed by atoms with Crippen LogP contribution in [0.5, 0.6) is 5.75 Å². The van der Waals surface area contributed by atoms with Crippen LogP contribution in [0, 0.1) is 13.8 Å². The van der Waals surface area contributed by atoms with Crippen LogP contribution < -0.4 is 4.74 Å². The van der Waals surface area contributed by atoms with Crippen LogP contribution in [-0.2, 0) is 7.05 Å². The van der Waals surface area contributed by atoms with Gasteiger partial charge in [0.25, 0.3) is 0 Å². The summed E-state index contributed by atoms with van der Waals surface area (Å²) in [6, 6.07) is 5.21. The SMILES string of the molecule is COc1ccc(Cl)cc1C(O)c1c(C)nn(C)c1C. The van der Waals surface area contributed by atoms with Crippen LogP contribution in [0.4, 0.5) is 0 Å². The molecule has 1 heterocycles. The van der Waals surface area contributed by atoms with Crippen molar-refractivity contribution in [3.05, 3.63) is 45.7 Å². The second-order valence-electron chi connectivity index (χ2n) is 4.50. The molecule has 0 aliphatic rings. The fourth-order valence-corrected chi connectivity index (χ4v) is 2.44. The molecular formula is C14H17ClN2O2. The van der Waals surface area contributed by atoms with Crippen LogP contribution in [0.15, 0.2) is 18.2 Å². The molecule has 0 saturated carbocycles. The maximum Gasteiger partial charge on any atom is 0.125 e. The smallest absolute Gasteiger partial charge is 0.125 e. The lowest BCUT2D eigenvalue weighted by molar-refractivity contribution is 0.213. The fourth-order valence-electron chi connectivity index (χ4n) is 2.26. The average molecular weight is 281 g/mol. The summed E-state index contributed by atoms with van der Waals surface area (Å²) >= 11 is 6.00. The minimum Gasteiger partial charge on any atom is -0.496 e. The maximum absolute atomic E-state index is 10.6. The first-order valence-corrected chi connectivity index (χ1v) is 6.35. The summed E-state index contributed by atoms with van der Waals surface area (Å²) in [5, 5.41) is 15.5. The van der Waals surface area contributed by atoms with Gasteiger partial charge in [0.2, 0.25) is 0 Å². The largest absolute Gasteiger partial charge is 0.496 e. The zero-order valence-corrected chi connectivity index (χ0v) is 12.2. The van der Waals surface area contributed by atoms with Gasteiger partial charge < -0.3 is 9.84 Å². The predicted molar refractivity (Wildman–Crippen MR) is 74.7 cm³/mol. The van der Waals surface area contributed by atoms with Gasteiger partial charge in [0, 0.05) is 28.9 Å². The number of hydrogen-bond acceptors (Lipinski definition) is 3. The molecule has 0 aliphatic heterocycles. The van der Waals surface area contributed by atoms with E-state index in [2.05, 4.69) is 5.10 Å². The highest BCUT2D eigenvalue weighted by atomic mass is 35.5. The molecule has 19 heavy (non-hydrogen) atoms. The first-order chi connectivity index (χ1) is 8.95. The summed E-state index contributed by atoms with van der Waals surface area (Å²) in [4.78, 5) is 0. The van der Waals surface area contributed by atoms with E-state index in [1.54, 1.807) is 30.0 Å². The molecule has 0 bridgehead atoms. The maximum atomic E-state index is 10.6. The van der Waals surface area contributed by atoms with Crippen LogP contribution in [-0.4, -0.2) is 22.0 Å². The second-order valence-corrected chi connectivity index (χ2v) is 4.93. The van der Waals surface area contributed by atoms with Gasteiger partial charge in [0.15, 0.2) is 0 Å². The first-order valence-electron chi connectivity index (χ1n) is 5.97. The van der Waals surface area contributed by atoms with E-state index in [-0.39, 0.29) is 0 Å². The molecular weight excluding hydrogens is 264 g/mol. The summed E-state index contributed by atoms with van der Waals surface area (Å²) in [7, 11) is 3.43. The Balaban J connectivity index is 2.55. The molecule has 0 saturated heterocycles. The van der Waals surface area contributed by atoms with E-state index < -0.39 is 6.10 Å². The van der Waals surface area contributed by atoms with Crippen LogP contribution >= 0.6 is 11.6 Å². The number of methoxy groups -OCH3 is 1. The Morgan fingerprint density at radius 3 is 2.58 bits per heavy atom. The van der Waals surface area contributed by atoms with Gasteiger partial charge in [-0.15, -0.1) is 0 Å². The Labute approximate surface area is 117 Å². The molecule has 1 aromatic heterocycles. The summed E-state index contributed by atoms with van der Waals surface area (Å²) in [6.45, 7) is 3.80. The Hall–Kier alpha value is -1.52. The number of aryl methyl sites for hydroxylation is 2. The number of benzene rings is 1. The molecule has 1 N–H and O–H groups in total. The quantitative estimate of drug-likeness (QED) is 0.940. The number of nitrogens with zero attached hydrogens (tertiary/aromatic N) is 2. The zero-order valence-electron chi connectivity index (χ0n) is 11.4. The van der Waals surface area contributed by atoms with Gasteiger partial charge >= 0.3 is 0 Å². The van der Waals surface area contributed by atoms with Crippen molar-refractivity contribution in [2.75, 3.05) is 7.11 Å². The van der Waals surface area contributed by atoms with E-state index in [9.17, 15) is 5.11 Å². The highest BCUT2D eigenvalue weighted by Gasteiger charge is 2.22. The molecule has 0 amide bonds. The van der Waals surface area contributed by atoms with E-state index in [0.717, 1.165) is 17.0 Å². The lowest BCUT2D eigenvalue weighted by Gasteiger charge is -2.16. The van der Waals surface area contributed by atoms with E-state index in [4.69, 9.17) is 16.3 Å². The number of aliphatic hydroxyl groups is 1. The summed E-state index contributed by atoms with van der Waals surface area (Å²) in [5.74, 6) is 0.611. The molecule has 1 atom stereocenters. The van der Waals surface area contributed by atoms with Crippen molar-refractivity contribution in [2.24, 2.45) is 7.05 Å². The van der Waals surface area contributed by atoms with Gasteiger partial charge in [-0.05, 0) is 32.0 Å². The molecule has 4 nitrogen and oxygen atoms in total. The van der Waals surface area contributed by atoms with Gasteiger partial charge in [-0.3, -0.25) is 4.68 Å². The minimum absolute atomic E-state index is 0.564. The number of aliphatic hydroxyl groups excluding tert-OH is 1. The second kappa shape index (κ2) is 5.23. The van der Waals surface area contributed by atoms with Crippen LogP contribution in [0.25, 0.3) is 0 Å². The molecule has 0 fully saturated rings. The van der Waals surface area contributed by atoms with Crippen molar-refractivity contribution in [3.63, 3.8) is 0 Å². The molecule has 2 rings (SSSR count). The standard InChI is InChI=1S/C14H17ClN2O2/c1-8-13(9(2)17(3)16-8)14(18)11-7-10(15)5-6-12(11)19-4/h5-7,14,18H,1-4H3. The van der Waals surface area contributed by atoms with E-state index in [1.807, 2.05) is 20.9 Å². The molecule has 0 spiro atoms. The zero-order chi connectivity index (χ0) is 14.2. The Morgan fingerprint density at radius 1 is 1.37 bits per heavy atom. The van der Waals surface area contributed by atoms with E-state index >= 15 is 0 Å². The van der Waals surface area contributed by atoms with Gasteiger partial charge in [-0.2, -0.15) is 5.10 Å². The Morgan fingerprint density at radius 2 is 2.05 bits per heavy atom. The summed E-state index contributed by atoms with van der Waals surface area (Å²) < 4.78 is 7.04. The monoisotopic (exact) mass is 280 g/mol. The number of ether oxygens (including phenoxy) is 1. The average Bonchev–Trinajstić information content (AvgIpc) is 2.62. The third kappa shape index (κ3) is 2.46. The summed E-state index contributed by atoms with van der Waals surface area (Å²) in [6.07, 6.45) is -0.803. The molecule has 102 valence electrons. The van der Waals surface area contributed by atoms with Gasteiger partial charge in [0.1, 0.15) is 11.9 Å². The van der Waals surface area contributed by atoms with Gasteiger partial charge in [0.05, 0.1) is 12.8 Å². The molecule has 0 radical (unpaired) electrons. The lowest BCUT2D eigenvalue weighted by atomic mass is 9.99. The van der Waals surface area contributed by atoms with E-state index in [0.29, 0.717) is 16.3 Å². The van der Waals surface area contributed by atoms with Crippen molar-refractivity contribution >= 4 is 11.6 Å². The highest BCUT2D eigenvalue weighted by molar-refractivity contribution is 6.30. The molecule has 2 aromatic rings. The topological polar surface area (TPSA) is 47.3 Å². The number of hydrogen-bond donors (Lipinski definition) is 1. The number of halogens is 1. The van der Waals surface area contributed by atoms with Crippen molar-refractivity contribution in [1.29, 1.82) is 0 Å². The van der Waals surface area contributed by atoms with Crippen molar-refractivity contribution in [2.45, 2.75) is 20.0 Å².